The molecule has 0 saturated carbocycles. The van der Waals surface area contributed by atoms with Gasteiger partial charge >= 0.3 is 16.2 Å². The highest BCUT2D eigenvalue weighted by atomic mass is 32.2. The Bertz CT molecular complexity index is 268. The number of primary amides is 1. The Morgan fingerprint density at radius 2 is 1.83 bits per heavy atom. The topological polar surface area (TPSA) is 92.5 Å². The molecule has 1 rings (SSSR count). The maximum atomic E-state index is 11.2. The Kier molecular flexibility index (Phi) is 2.53. The Morgan fingerprint density at radius 1 is 1.33 bits per heavy atom. The van der Waals surface area contributed by atoms with Crippen LogP contribution in [-0.4, -0.2) is 31.8 Å². The Balaban J connectivity index is 2.64. The SMILES string of the molecule is NC(=O)NS(=O)(=O)N1CCCC1. The second kappa shape index (κ2) is 3.28. The van der Waals surface area contributed by atoms with Crippen LogP contribution in [0.15, 0.2) is 0 Å². The molecule has 0 aromatic rings. The van der Waals surface area contributed by atoms with E-state index in [0.29, 0.717) is 13.1 Å². The van der Waals surface area contributed by atoms with Gasteiger partial charge in [-0.25, -0.2) is 9.52 Å². The molecular formula is C5H11N3O3S. The maximum Gasteiger partial charge on any atom is 0.326 e. The molecule has 0 unspecified atom stereocenters. The quantitative estimate of drug-likeness (QED) is 0.588. The highest BCUT2D eigenvalue weighted by molar-refractivity contribution is 7.87. The Labute approximate surface area is 70.9 Å². The van der Waals surface area contributed by atoms with E-state index < -0.39 is 16.2 Å². The van der Waals surface area contributed by atoms with Crippen LogP contribution >= 0.6 is 0 Å². The molecule has 70 valence electrons. The van der Waals surface area contributed by atoms with E-state index in [0.717, 1.165) is 12.8 Å². The van der Waals surface area contributed by atoms with Crippen molar-refractivity contribution >= 4 is 16.2 Å². The van der Waals surface area contributed by atoms with Crippen LogP contribution in [0.25, 0.3) is 0 Å². The third-order valence-corrected chi connectivity index (χ3v) is 3.14. The third kappa shape index (κ3) is 2.08. The fraction of sp³-hybridized carbons (Fsp3) is 0.800. The van der Waals surface area contributed by atoms with Gasteiger partial charge in [-0.05, 0) is 12.8 Å². The summed E-state index contributed by atoms with van der Waals surface area (Å²) in [5, 5.41) is 0. The fourth-order valence-corrected chi connectivity index (χ4v) is 2.24. The van der Waals surface area contributed by atoms with Crippen molar-refractivity contribution in [3.63, 3.8) is 0 Å². The number of nitrogens with two attached hydrogens (primary N) is 1. The van der Waals surface area contributed by atoms with Crippen molar-refractivity contribution in [1.29, 1.82) is 0 Å². The predicted octanol–water partition coefficient (Wildman–Crippen LogP) is -1.00. The summed E-state index contributed by atoms with van der Waals surface area (Å²) in [5.41, 5.74) is 4.69. The van der Waals surface area contributed by atoms with Crippen molar-refractivity contribution < 1.29 is 13.2 Å². The molecule has 1 aliphatic rings. The van der Waals surface area contributed by atoms with Crippen LogP contribution in [0.3, 0.4) is 0 Å². The van der Waals surface area contributed by atoms with Crippen molar-refractivity contribution in [3.8, 4) is 0 Å². The van der Waals surface area contributed by atoms with Gasteiger partial charge in [-0.1, -0.05) is 0 Å². The standard InChI is InChI=1S/C5H11N3O3S/c6-5(9)7-12(10,11)8-3-1-2-4-8/h1-4H2,(H3,6,7,9). The summed E-state index contributed by atoms with van der Waals surface area (Å²) in [6.45, 7) is 0.922. The van der Waals surface area contributed by atoms with E-state index in [1.165, 1.54) is 4.31 Å². The monoisotopic (exact) mass is 193 g/mol. The number of nitrogens with one attached hydrogen (secondary N) is 1. The average Bonchev–Trinajstić information content (AvgIpc) is 2.32. The fourth-order valence-electron chi connectivity index (χ4n) is 1.12. The smallest absolute Gasteiger partial charge is 0.326 e. The van der Waals surface area contributed by atoms with E-state index in [1.54, 1.807) is 4.72 Å². The van der Waals surface area contributed by atoms with Gasteiger partial charge < -0.3 is 5.73 Å². The zero-order valence-corrected chi connectivity index (χ0v) is 7.30. The molecule has 1 fully saturated rings. The number of rotatable bonds is 2. The van der Waals surface area contributed by atoms with Gasteiger partial charge in [0.2, 0.25) is 0 Å². The van der Waals surface area contributed by atoms with Crippen LogP contribution < -0.4 is 10.5 Å². The zero-order valence-electron chi connectivity index (χ0n) is 6.49. The normalized spacial score (nSPS) is 19.3. The summed E-state index contributed by atoms with van der Waals surface area (Å²) in [4.78, 5) is 10.3. The molecule has 1 saturated heterocycles. The summed E-state index contributed by atoms with van der Waals surface area (Å²) in [6, 6.07) is -1.04. The summed E-state index contributed by atoms with van der Waals surface area (Å²) >= 11 is 0. The molecule has 0 atom stereocenters. The van der Waals surface area contributed by atoms with Crippen molar-refractivity contribution in [1.82, 2.24) is 9.03 Å². The molecule has 0 spiro atoms. The van der Waals surface area contributed by atoms with E-state index in [-0.39, 0.29) is 0 Å². The molecule has 7 heteroatoms. The van der Waals surface area contributed by atoms with Gasteiger partial charge in [0, 0.05) is 13.1 Å². The number of urea groups is 1. The van der Waals surface area contributed by atoms with E-state index >= 15 is 0 Å². The van der Waals surface area contributed by atoms with Crippen LogP contribution in [0.1, 0.15) is 12.8 Å². The Hall–Kier alpha value is -0.820. The lowest BCUT2D eigenvalue weighted by Gasteiger charge is -2.14. The summed E-state index contributed by atoms with van der Waals surface area (Å²) in [5.74, 6) is 0. The van der Waals surface area contributed by atoms with Gasteiger partial charge in [0.25, 0.3) is 0 Å². The van der Waals surface area contributed by atoms with E-state index in [4.69, 9.17) is 5.73 Å². The molecule has 6 nitrogen and oxygen atoms in total. The van der Waals surface area contributed by atoms with E-state index in [2.05, 4.69) is 0 Å². The molecule has 0 radical (unpaired) electrons. The zero-order chi connectivity index (χ0) is 9.19. The molecule has 2 amide bonds. The lowest BCUT2D eigenvalue weighted by atomic mass is 10.4. The lowest BCUT2D eigenvalue weighted by molar-refractivity contribution is 0.253. The molecule has 1 aliphatic heterocycles. The van der Waals surface area contributed by atoms with Crippen LogP contribution in [-0.2, 0) is 10.2 Å². The molecule has 0 aliphatic carbocycles. The van der Waals surface area contributed by atoms with Gasteiger partial charge in [-0.2, -0.15) is 12.7 Å². The first-order valence-corrected chi connectivity index (χ1v) is 5.04. The first-order valence-electron chi connectivity index (χ1n) is 3.60. The molecule has 1 heterocycles. The minimum Gasteiger partial charge on any atom is -0.351 e. The maximum absolute atomic E-state index is 11.2. The van der Waals surface area contributed by atoms with Gasteiger partial charge in [0.1, 0.15) is 0 Å². The van der Waals surface area contributed by atoms with Gasteiger partial charge in [0.05, 0.1) is 0 Å². The van der Waals surface area contributed by atoms with Crippen LogP contribution in [0, 0.1) is 0 Å². The highest BCUT2D eigenvalue weighted by Gasteiger charge is 2.25. The second-order valence-electron chi connectivity index (χ2n) is 2.58. The molecule has 0 aromatic carbocycles. The summed E-state index contributed by atoms with van der Waals surface area (Å²) in [6.07, 6.45) is 1.67. The summed E-state index contributed by atoms with van der Waals surface area (Å²) < 4.78 is 25.2. The number of hydrogen-bond donors (Lipinski definition) is 2. The average molecular weight is 193 g/mol. The molecule has 0 aromatic heterocycles. The first kappa shape index (κ1) is 9.27. The van der Waals surface area contributed by atoms with Crippen LogP contribution in [0.2, 0.25) is 0 Å². The lowest BCUT2D eigenvalue weighted by Crippen LogP contribution is -2.44. The summed E-state index contributed by atoms with van der Waals surface area (Å²) in [7, 11) is -3.65. The first-order chi connectivity index (χ1) is 5.52. The van der Waals surface area contributed by atoms with Crippen molar-refractivity contribution in [2.75, 3.05) is 13.1 Å². The van der Waals surface area contributed by atoms with Crippen LogP contribution in [0.5, 0.6) is 0 Å². The van der Waals surface area contributed by atoms with Crippen molar-refractivity contribution in [3.05, 3.63) is 0 Å². The molecule has 0 bridgehead atoms. The number of hydrogen-bond acceptors (Lipinski definition) is 3. The number of amides is 2. The Morgan fingerprint density at radius 3 is 2.25 bits per heavy atom. The largest absolute Gasteiger partial charge is 0.351 e. The van der Waals surface area contributed by atoms with Crippen molar-refractivity contribution in [2.45, 2.75) is 12.8 Å². The number of nitrogens with zero attached hydrogens (tertiary/aromatic N) is 1. The van der Waals surface area contributed by atoms with Crippen molar-refractivity contribution in [2.24, 2.45) is 5.73 Å². The van der Waals surface area contributed by atoms with Gasteiger partial charge in [-0.3, -0.25) is 0 Å². The molecule has 12 heavy (non-hydrogen) atoms. The van der Waals surface area contributed by atoms with Gasteiger partial charge in [-0.15, -0.1) is 0 Å². The number of carbonyl (C=O) groups is 1. The van der Waals surface area contributed by atoms with E-state index in [9.17, 15) is 13.2 Å². The number of carbonyl (C=O) groups excluding carboxylic acids is 1. The van der Waals surface area contributed by atoms with E-state index in [1.807, 2.05) is 0 Å². The molecule has 3 N–H and O–H groups in total. The third-order valence-electron chi connectivity index (χ3n) is 1.63. The second-order valence-corrected chi connectivity index (χ2v) is 4.25. The predicted molar refractivity (Wildman–Crippen MR) is 42.4 cm³/mol. The van der Waals surface area contributed by atoms with Gasteiger partial charge in [0.15, 0.2) is 0 Å². The minimum absolute atomic E-state index is 0.461. The highest BCUT2D eigenvalue weighted by Crippen LogP contribution is 2.10. The van der Waals surface area contributed by atoms with Crippen LogP contribution in [0.4, 0.5) is 4.79 Å². The minimum atomic E-state index is -3.65. The molecular weight excluding hydrogens is 182 g/mol.